The van der Waals surface area contributed by atoms with Crippen molar-refractivity contribution < 1.29 is 31.5 Å². The first kappa shape index (κ1) is 28.0. The number of nitrogens with zero attached hydrogens (tertiary/aromatic N) is 1. The van der Waals surface area contributed by atoms with Gasteiger partial charge in [0.1, 0.15) is 17.9 Å². The van der Waals surface area contributed by atoms with E-state index in [9.17, 15) is 27.1 Å². The number of carbonyl (C=O) groups excluding carboxylic acids is 1. The maximum atomic E-state index is 13.7. The highest BCUT2D eigenvalue weighted by molar-refractivity contribution is 14.1. The van der Waals surface area contributed by atoms with Crippen molar-refractivity contribution >= 4 is 44.3 Å². The van der Waals surface area contributed by atoms with Gasteiger partial charge >= 0.3 is 5.91 Å². The van der Waals surface area contributed by atoms with Crippen LogP contribution < -0.4 is 15.4 Å². The molecule has 0 bridgehead atoms. The minimum atomic E-state index is -3.63. The molecule has 0 saturated heterocycles. The predicted octanol–water partition coefficient (Wildman–Crippen LogP) is 2.81. The lowest BCUT2D eigenvalue weighted by Gasteiger charge is -2.24. The quantitative estimate of drug-likeness (QED) is 0.225. The standard InChI is InChI=1S/C23H25F2IN4O5S/c1-2-36(33,34)30-21-13-35-23(29-21)22(32)28-19(9-15-6-16(24)10-17(25)7-15)20(31)12-27-11-14-4-3-5-18(26)8-14/h3-8,10,13,19-20,27,30-31H,2,9,11-12H2,1H3,(H,28,32)/t19-,20+/m0/s1. The number of rotatable bonds is 12. The molecule has 1 amide bonds. The fraction of sp³-hybridized carbons (Fsp3) is 0.304. The molecule has 0 spiro atoms. The normalized spacial score (nSPS) is 13.2. The number of halogens is 3. The van der Waals surface area contributed by atoms with Crippen LogP contribution in [0.2, 0.25) is 0 Å². The highest BCUT2D eigenvalue weighted by atomic mass is 127. The van der Waals surface area contributed by atoms with E-state index in [0.717, 1.165) is 33.6 Å². The van der Waals surface area contributed by atoms with E-state index < -0.39 is 45.6 Å². The lowest BCUT2D eigenvalue weighted by atomic mass is 10.0. The molecule has 0 aliphatic carbocycles. The first-order valence-corrected chi connectivity index (χ1v) is 13.6. The molecule has 0 unspecified atom stereocenters. The maximum absolute atomic E-state index is 13.7. The van der Waals surface area contributed by atoms with Gasteiger partial charge in [-0.25, -0.2) is 17.2 Å². The first-order chi connectivity index (χ1) is 17.0. The molecule has 0 saturated carbocycles. The number of carbonyl (C=O) groups is 1. The van der Waals surface area contributed by atoms with Gasteiger partial charge in [-0.3, -0.25) is 9.52 Å². The Balaban J connectivity index is 1.71. The van der Waals surface area contributed by atoms with Gasteiger partial charge in [0.2, 0.25) is 10.0 Å². The molecule has 2 atom stereocenters. The number of anilines is 1. The van der Waals surface area contributed by atoms with Crippen molar-refractivity contribution in [1.29, 1.82) is 0 Å². The predicted molar refractivity (Wildman–Crippen MR) is 138 cm³/mol. The lowest BCUT2D eigenvalue weighted by molar-refractivity contribution is 0.0798. The van der Waals surface area contributed by atoms with E-state index in [1.54, 1.807) is 0 Å². The van der Waals surface area contributed by atoms with Crippen LogP contribution in [0, 0.1) is 15.2 Å². The van der Waals surface area contributed by atoms with E-state index in [4.69, 9.17) is 4.42 Å². The molecule has 13 heteroatoms. The van der Waals surface area contributed by atoms with Gasteiger partial charge in [-0.15, -0.1) is 0 Å². The summed E-state index contributed by atoms with van der Waals surface area (Å²) in [6.07, 6.45) is -0.281. The molecule has 36 heavy (non-hydrogen) atoms. The van der Waals surface area contributed by atoms with Crippen LogP contribution in [0.3, 0.4) is 0 Å². The molecule has 3 aromatic rings. The molecule has 0 radical (unpaired) electrons. The van der Waals surface area contributed by atoms with Crippen molar-refractivity contribution in [2.24, 2.45) is 0 Å². The number of oxazole rings is 1. The summed E-state index contributed by atoms with van der Waals surface area (Å²) in [6.45, 7) is 1.94. The number of aromatic nitrogens is 1. The van der Waals surface area contributed by atoms with Crippen molar-refractivity contribution in [2.45, 2.75) is 32.0 Å². The Kier molecular flexibility index (Phi) is 9.76. The third-order valence-electron chi connectivity index (χ3n) is 5.07. The number of amides is 1. The van der Waals surface area contributed by atoms with E-state index in [2.05, 4.69) is 42.9 Å². The SMILES string of the molecule is CCS(=O)(=O)Nc1coc(C(=O)N[C@@H](Cc2cc(F)cc(F)c2)[C@H](O)CNCc2cccc(I)c2)n1. The number of nitrogens with one attached hydrogen (secondary N) is 3. The van der Waals surface area contributed by atoms with Crippen molar-refractivity contribution in [1.82, 2.24) is 15.6 Å². The van der Waals surface area contributed by atoms with E-state index in [-0.39, 0.29) is 30.1 Å². The molecule has 1 aromatic heterocycles. The number of benzene rings is 2. The van der Waals surface area contributed by atoms with Gasteiger partial charge in [-0.2, -0.15) is 4.98 Å². The van der Waals surface area contributed by atoms with Crippen LogP contribution >= 0.6 is 22.6 Å². The third kappa shape index (κ3) is 8.50. The van der Waals surface area contributed by atoms with Crippen LogP contribution in [0.25, 0.3) is 0 Å². The smallest absolute Gasteiger partial charge is 0.307 e. The summed E-state index contributed by atoms with van der Waals surface area (Å²) < 4.78 is 59.1. The Labute approximate surface area is 220 Å². The zero-order chi connectivity index (χ0) is 26.3. The largest absolute Gasteiger partial charge is 0.439 e. The molecule has 1 heterocycles. The Morgan fingerprint density at radius 2 is 1.89 bits per heavy atom. The van der Waals surface area contributed by atoms with Gasteiger partial charge in [0.15, 0.2) is 5.82 Å². The summed E-state index contributed by atoms with van der Waals surface area (Å²) in [5.41, 5.74) is 1.21. The molecular formula is C23H25F2IN4O5S. The molecular weight excluding hydrogens is 609 g/mol. The van der Waals surface area contributed by atoms with Gasteiger partial charge in [0, 0.05) is 22.7 Å². The van der Waals surface area contributed by atoms with Gasteiger partial charge in [-0.05, 0) is 71.3 Å². The first-order valence-electron chi connectivity index (χ1n) is 10.9. The van der Waals surface area contributed by atoms with Crippen LogP contribution in [0.15, 0.2) is 53.1 Å². The number of hydrogen-bond acceptors (Lipinski definition) is 7. The Hall–Kier alpha value is -2.62. The van der Waals surface area contributed by atoms with Crippen LogP contribution in [-0.4, -0.2) is 48.9 Å². The number of aliphatic hydroxyl groups excluding tert-OH is 1. The third-order valence-corrected chi connectivity index (χ3v) is 7.02. The summed E-state index contributed by atoms with van der Waals surface area (Å²) in [5.74, 6) is -3.24. The summed E-state index contributed by atoms with van der Waals surface area (Å²) >= 11 is 2.19. The second kappa shape index (κ2) is 12.6. The summed E-state index contributed by atoms with van der Waals surface area (Å²) in [5, 5.41) is 16.5. The molecule has 194 valence electrons. The highest BCUT2D eigenvalue weighted by Gasteiger charge is 2.25. The van der Waals surface area contributed by atoms with E-state index in [1.165, 1.54) is 6.92 Å². The molecule has 4 N–H and O–H groups in total. The second-order valence-corrected chi connectivity index (χ2v) is 11.2. The zero-order valence-electron chi connectivity index (χ0n) is 19.2. The number of aliphatic hydroxyl groups is 1. The number of sulfonamides is 1. The molecule has 0 aliphatic heterocycles. The molecule has 0 fully saturated rings. The monoisotopic (exact) mass is 634 g/mol. The fourth-order valence-corrected chi connectivity index (χ4v) is 4.47. The van der Waals surface area contributed by atoms with Gasteiger partial charge in [0.25, 0.3) is 5.89 Å². The second-order valence-electron chi connectivity index (χ2n) is 7.93. The van der Waals surface area contributed by atoms with Crippen LogP contribution in [-0.2, 0) is 23.0 Å². The lowest BCUT2D eigenvalue weighted by Crippen LogP contribution is -2.48. The minimum absolute atomic E-state index is 0.0569. The van der Waals surface area contributed by atoms with E-state index >= 15 is 0 Å². The van der Waals surface area contributed by atoms with Crippen LogP contribution in [0.4, 0.5) is 14.6 Å². The fourth-order valence-electron chi connectivity index (χ4n) is 3.31. The van der Waals surface area contributed by atoms with Gasteiger partial charge in [-0.1, -0.05) is 12.1 Å². The molecule has 9 nitrogen and oxygen atoms in total. The van der Waals surface area contributed by atoms with E-state index in [1.807, 2.05) is 24.3 Å². The topological polar surface area (TPSA) is 134 Å². The molecule has 2 aromatic carbocycles. The number of hydrogen-bond donors (Lipinski definition) is 4. The van der Waals surface area contributed by atoms with Gasteiger partial charge < -0.3 is 20.2 Å². The zero-order valence-corrected chi connectivity index (χ0v) is 22.1. The summed E-state index contributed by atoms with van der Waals surface area (Å²) in [7, 11) is -3.63. The van der Waals surface area contributed by atoms with Crippen molar-refractivity contribution in [3.8, 4) is 0 Å². The molecule has 3 rings (SSSR count). The van der Waals surface area contributed by atoms with Gasteiger partial charge in [0.05, 0.1) is 17.9 Å². The molecule has 0 aliphatic rings. The minimum Gasteiger partial charge on any atom is -0.439 e. The summed E-state index contributed by atoms with van der Waals surface area (Å²) in [4.78, 5) is 16.6. The Bertz CT molecular complexity index is 1280. The average Bonchev–Trinajstić information content (AvgIpc) is 3.26. The van der Waals surface area contributed by atoms with Crippen LogP contribution in [0.5, 0.6) is 0 Å². The Morgan fingerprint density at radius 1 is 1.17 bits per heavy atom. The summed E-state index contributed by atoms with van der Waals surface area (Å²) in [6, 6.07) is 9.71. The van der Waals surface area contributed by atoms with Crippen molar-refractivity contribution in [3.63, 3.8) is 0 Å². The van der Waals surface area contributed by atoms with E-state index in [0.29, 0.717) is 6.54 Å². The Morgan fingerprint density at radius 3 is 2.56 bits per heavy atom. The van der Waals surface area contributed by atoms with Crippen molar-refractivity contribution in [3.05, 3.63) is 80.9 Å². The van der Waals surface area contributed by atoms with Crippen molar-refractivity contribution in [2.75, 3.05) is 17.0 Å². The maximum Gasteiger partial charge on any atom is 0.307 e. The van der Waals surface area contributed by atoms with Crippen LogP contribution in [0.1, 0.15) is 28.7 Å². The highest BCUT2D eigenvalue weighted by Crippen LogP contribution is 2.14. The average molecular weight is 634 g/mol.